The smallest absolute Gasteiger partial charge is 0.162 e. The third-order valence-corrected chi connectivity index (χ3v) is 3.46. The van der Waals surface area contributed by atoms with E-state index in [1.54, 1.807) is 0 Å². The minimum absolute atomic E-state index is 0.160. The highest BCUT2D eigenvalue weighted by Crippen LogP contribution is 2.22. The zero-order valence-electron chi connectivity index (χ0n) is 11.1. The fourth-order valence-corrected chi connectivity index (χ4v) is 2.23. The quantitative estimate of drug-likeness (QED) is 0.779. The number of halogens is 2. The van der Waals surface area contributed by atoms with Gasteiger partial charge in [-0.25, -0.2) is 8.78 Å². The first-order valence-electron chi connectivity index (χ1n) is 6.71. The summed E-state index contributed by atoms with van der Waals surface area (Å²) >= 11 is 0. The number of rotatable bonds is 7. The molecule has 0 aliphatic rings. The van der Waals surface area contributed by atoms with Crippen LogP contribution in [0.3, 0.4) is 0 Å². The molecule has 0 amide bonds. The second kappa shape index (κ2) is 7.47. The predicted octanol–water partition coefficient (Wildman–Crippen LogP) is 4.08. The molecule has 2 atom stereocenters. The summed E-state index contributed by atoms with van der Waals surface area (Å²) in [5.74, 6) is -1.52. The molecule has 0 saturated carbocycles. The lowest BCUT2D eigenvalue weighted by molar-refractivity contribution is 0.0977. The summed E-state index contributed by atoms with van der Waals surface area (Å²) in [5, 5.41) is 10.1. The van der Waals surface area contributed by atoms with Crippen molar-refractivity contribution in [2.24, 2.45) is 5.92 Å². The molecule has 0 spiro atoms. The lowest BCUT2D eigenvalue weighted by Gasteiger charge is -2.21. The Labute approximate surface area is 108 Å². The molecule has 0 aliphatic carbocycles. The highest BCUT2D eigenvalue weighted by molar-refractivity contribution is 5.19. The normalized spacial score (nSPS) is 14.5. The van der Waals surface area contributed by atoms with Crippen LogP contribution in [0.25, 0.3) is 0 Å². The van der Waals surface area contributed by atoms with Crippen LogP contribution in [-0.2, 0) is 6.42 Å². The molecule has 0 heterocycles. The van der Waals surface area contributed by atoms with Crippen molar-refractivity contribution in [1.29, 1.82) is 0 Å². The Bertz CT molecular complexity index is 366. The Kier molecular flexibility index (Phi) is 6.27. The summed E-state index contributed by atoms with van der Waals surface area (Å²) in [6, 6.07) is 4.11. The number of hydrogen-bond acceptors (Lipinski definition) is 1. The Morgan fingerprint density at radius 3 is 2.56 bits per heavy atom. The van der Waals surface area contributed by atoms with Gasteiger partial charge in [-0.1, -0.05) is 45.2 Å². The molecular weight excluding hydrogens is 234 g/mol. The summed E-state index contributed by atoms with van der Waals surface area (Å²) in [5.41, 5.74) is 0.262. The summed E-state index contributed by atoms with van der Waals surface area (Å²) in [6.07, 6.45) is 3.52. The van der Waals surface area contributed by atoms with Gasteiger partial charge in [0, 0.05) is 6.42 Å². The first kappa shape index (κ1) is 15.1. The van der Waals surface area contributed by atoms with Crippen molar-refractivity contribution in [1.82, 2.24) is 0 Å². The largest absolute Gasteiger partial charge is 0.392 e. The molecule has 1 nitrogen and oxygen atoms in total. The number of aliphatic hydroxyl groups is 1. The Morgan fingerprint density at radius 1 is 1.22 bits per heavy atom. The van der Waals surface area contributed by atoms with Crippen LogP contribution in [0.4, 0.5) is 8.78 Å². The van der Waals surface area contributed by atoms with Gasteiger partial charge in [0.2, 0.25) is 0 Å². The van der Waals surface area contributed by atoms with Crippen LogP contribution in [0, 0.1) is 17.6 Å². The maximum Gasteiger partial charge on any atom is 0.162 e. The molecule has 0 bridgehead atoms. The standard InChI is InChI=1S/C15H22F2O/c1-3-5-7-11(4-2)14(18)10-12-8-6-9-13(16)15(12)17/h6,8-9,11,14,18H,3-5,7,10H2,1-2H3. The SMILES string of the molecule is CCCCC(CC)C(O)Cc1cccc(F)c1F. The summed E-state index contributed by atoms with van der Waals surface area (Å²) in [4.78, 5) is 0. The van der Waals surface area contributed by atoms with Crippen molar-refractivity contribution in [3.63, 3.8) is 0 Å². The molecule has 102 valence electrons. The fraction of sp³-hybridized carbons (Fsp3) is 0.600. The Hall–Kier alpha value is -0.960. The molecule has 0 saturated heterocycles. The maximum atomic E-state index is 13.5. The van der Waals surface area contributed by atoms with Crippen molar-refractivity contribution in [2.45, 2.75) is 52.1 Å². The summed E-state index contributed by atoms with van der Waals surface area (Å²) in [6.45, 7) is 4.12. The molecule has 18 heavy (non-hydrogen) atoms. The van der Waals surface area contributed by atoms with E-state index in [0.29, 0.717) is 0 Å². The van der Waals surface area contributed by atoms with Crippen LogP contribution >= 0.6 is 0 Å². The predicted molar refractivity (Wildman–Crippen MR) is 69.4 cm³/mol. The molecule has 0 radical (unpaired) electrons. The lowest BCUT2D eigenvalue weighted by Crippen LogP contribution is -2.23. The van der Waals surface area contributed by atoms with E-state index >= 15 is 0 Å². The van der Waals surface area contributed by atoms with Crippen LogP contribution in [0.2, 0.25) is 0 Å². The average molecular weight is 256 g/mol. The first-order chi connectivity index (χ1) is 8.60. The van der Waals surface area contributed by atoms with Gasteiger partial charge < -0.3 is 5.11 Å². The van der Waals surface area contributed by atoms with Crippen LogP contribution < -0.4 is 0 Å². The number of unbranched alkanes of at least 4 members (excludes halogenated alkanes) is 1. The molecule has 1 rings (SSSR count). The highest BCUT2D eigenvalue weighted by atomic mass is 19.2. The van der Waals surface area contributed by atoms with E-state index in [0.717, 1.165) is 31.7 Å². The zero-order chi connectivity index (χ0) is 13.5. The Balaban J connectivity index is 2.67. The third kappa shape index (κ3) is 4.05. The topological polar surface area (TPSA) is 20.2 Å². The van der Waals surface area contributed by atoms with E-state index in [-0.39, 0.29) is 17.9 Å². The van der Waals surface area contributed by atoms with Crippen molar-refractivity contribution in [3.8, 4) is 0 Å². The second-order valence-electron chi connectivity index (χ2n) is 4.79. The van der Waals surface area contributed by atoms with E-state index in [4.69, 9.17) is 0 Å². The fourth-order valence-electron chi connectivity index (χ4n) is 2.23. The molecule has 1 N–H and O–H groups in total. The highest BCUT2D eigenvalue weighted by Gasteiger charge is 2.19. The molecule has 3 heteroatoms. The van der Waals surface area contributed by atoms with E-state index in [1.165, 1.54) is 12.1 Å². The van der Waals surface area contributed by atoms with Crippen molar-refractivity contribution in [2.75, 3.05) is 0 Å². The molecule has 0 aromatic heterocycles. The summed E-state index contributed by atoms with van der Waals surface area (Å²) < 4.78 is 26.6. The molecule has 0 aliphatic heterocycles. The third-order valence-electron chi connectivity index (χ3n) is 3.46. The van der Waals surface area contributed by atoms with Gasteiger partial charge in [-0.05, 0) is 24.0 Å². The van der Waals surface area contributed by atoms with Crippen LogP contribution in [0.15, 0.2) is 18.2 Å². The monoisotopic (exact) mass is 256 g/mol. The van der Waals surface area contributed by atoms with E-state index in [2.05, 4.69) is 6.92 Å². The number of aliphatic hydroxyl groups excluding tert-OH is 1. The van der Waals surface area contributed by atoms with E-state index < -0.39 is 17.7 Å². The van der Waals surface area contributed by atoms with Gasteiger partial charge in [0.25, 0.3) is 0 Å². The number of hydrogen-bond donors (Lipinski definition) is 1. The van der Waals surface area contributed by atoms with Gasteiger partial charge in [0.15, 0.2) is 11.6 Å². The second-order valence-corrected chi connectivity index (χ2v) is 4.79. The first-order valence-corrected chi connectivity index (χ1v) is 6.71. The zero-order valence-corrected chi connectivity index (χ0v) is 11.1. The van der Waals surface area contributed by atoms with Crippen molar-refractivity contribution >= 4 is 0 Å². The minimum Gasteiger partial charge on any atom is -0.392 e. The van der Waals surface area contributed by atoms with Crippen LogP contribution in [0.1, 0.15) is 45.1 Å². The van der Waals surface area contributed by atoms with Gasteiger partial charge in [0.1, 0.15) is 0 Å². The Morgan fingerprint density at radius 2 is 1.94 bits per heavy atom. The lowest BCUT2D eigenvalue weighted by atomic mass is 9.89. The minimum atomic E-state index is -0.846. The van der Waals surface area contributed by atoms with E-state index in [9.17, 15) is 13.9 Å². The van der Waals surface area contributed by atoms with Gasteiger partial charge in [-0.15, -0.1) is 0 Å². The summed E-state index contributed by atoms with van der Waals surface area (Å²) in [7, 11) is 0. The average Bonchev–Trinajstić information content (AvgIpc) is 2.36. The van der Waals surface area contributed by atoms with Gasteiger partial charge in [-0.2, -0.15) is 0 Å². The van der Waals surface area contributed by atoms with Crippen molar-refractivity contribution < 1.29 is 13.9 Å². The maximum absolute atomic E-state index is 13.5. The van der Waals surface area contributed by atoms with Crippen LogP contribution in [0.5, 0.6) is 0 Å². The molecule has 1 aromatic rings. The number of benzene rings is 1. The van der Waals surface area contributed by atoms with Gasteiger partial charge in [0.05, 0.1) is 6.10 Å². The van der Waals surface area contributed by atoms with Crippen LogP contribution in [-0.4, -0.2) is 11.2 Å². The molecule has 2 unspecified atom stereocenters. The van der Waals surface area contributed by atoms with E-state index in [1.807, 2.05) is 6.92 Å². The molecular formula is C15H22F2O. The van der Waals surface area contributed by atoms with Gasteiger partial charge >= 0.3 is 0 Å². The molecule has 1 aromatic carbocycles. The van der Waals surface area contributed by atoms with Gasteiger partial charge in [-0.3, -0.25) is 0 Å². The van der Waals surface area contributed by atoms with Crippen molar-refractivity contribution in [3.05, 3.63) is 35.4 Å². The molecule has 0 fully saturated rings.